The summed E-state index contributed by atoms with van der Waals surface area (Å²) < 4.78 is 0. The minimum absolute atomic E-state index is 0.0310. The van der Waals surface area contributed by atoms with E-state index in [0.29, 0.717) is 25.2 Å². The van der Waals surface area contributed by atoms with Gasteiger partial charge in [-0.1, -0.05) is 36.4 Å². The number of rotatable bonds is 3. The van der Waals surface area contributed by atoms with Crippen LogP contribution in [-0.4, -0.2) is 37.1 Å². The van der Waals surface area contributed by atoms with Gasteiger partial charge in [0, 0.05) is 32.7 Å². The van der Waals surface area contributed by atoms with Crippen molar-refractivity contribution in [1.29, 1.82) is 5.26 Å². The fourth-order valence-electron chi connectivity index (χ4n) is 3.09. The second kappa shape index (κ2) is 7.71. The maximum absolute atomic E-state index is 12.4. The van der Waals surface area contributed by atoms with Crippen molar-refractivity contribution in [3.8, 4) is 6.07 Å². The normalized spacial score (nSPS) is 14.1. The summed E-state index contributed by atoms with van der Waals surface area (Å²) in [6.07, 6.45) is 0. The zero-order chi connectivity index (χ0) is 17.6. The van der Waals surface area contributed by atoms with Crippen LogP contribution in [0.4, 0.5) is 10.5 Å². The lowest BCUT2D eigenvalue weighted by Crippen LogP contribution is -2.51. The molecule has 0 spiro atoms. The van der Waals surface area contributed by atoms with Crippen molar-refractivity contribution in [3.05, 3.63) is 65.2 Å². The van der Waals surface area contributed by atoms with Crippen LogP contribution >= 0.6 is 0 Å². The average Bonchev–Trinajstić information content (AvgIpc) is 2.67. The molecule has 0 aromatic heterocycles. The number of nitrogens with zero attached hydrogens (tertiary/aromatic N) is 3. The van der Waals surface area contributed by atoms with Crippen molar-refractivity contribution in [2.45, 2.75) is 13.5 Å². The van der Waals surface area contributed by atoms with E-state index in [1.54, 1.807) is 0 Å². The van der Waals surface area contributed by atoms with E-state index >= 15 is 0 Å². The summed E-state index contributed by atoms with van der Waals surface area (Å²) in [5.74, 6) is 0. The molecule has 2 amide bonds. The Balaban J connectivity index is 1.54. The van der Waals surface area contributed by atoms with Gasteiger partial charge in [-0.3, -0.25) is 0 Å². The monoisotopic (exact) mass is 334 g/mol. The van der Waals surface area contributed by atoms with Crippen molar-refractivity contribution in [2.75, 3.05) is 31.1 Å². The first-order chi connectivity index (χ1) is 12.2. The minimum atomic E-state index is -0.0310. The van der Waals surface area contributed by atoms with E-state index in [1.165, 1.54) is 5.56 Å². The maximum atomic E-state index is 12.4. The molecule has 5 nitrogen and oxygen atoms in total. The van der Waals surface area contributed by atoms with Gasteiger partial charge in [-0.15, -0.1) is 0 Å². The number of hydrogen-bond donors (Lipinski definition) is 1. The fraction of sp³-hybridized carbons (Fsp3) is 0.300. The number of amides is 2. The molecule has 2 aromatic rings. The number of benzene rings is 2. The number of anilines is 1. The summed E-state index contributed by atoms with van der Waals surface area (Å²) >= 11 is 0. The first kappa shape index (κ1) is 16.8. The summed E-state index contributed by atoms with van der Waals surface area (Å²) in [4.78, 5) is 16.4. The predicted octanol–water partition coefficient (Wildman–Crippen LogP) is 2.90. The molecule has 1 aliphatic heterocycles. The van der Waals surface area contributed by atoms with Crippen LogP contribution in [0.25, 0.3) is 0 Å². The Kier molecular flexibility index (Phi) is 5.20. The quantitative estimate of drug-likeness (QED) is 0.939. The second-order valence-electron chi connectivity index (χ2n) is 6.19. The van der Waals surface area contributed by atoms with Gasteiger partial charge in [0.1, 0.15) is 6.07 Å². The van der Waals surface area contributed by atoms with Crippen LogP contribution in [0.3, 0.4) is 0 Å². The van der Waals surface area contributed by atoms with Crippen molar-refractivity contribution in [2.24, 2.45) is 0 Å². The van der Waals surface area contributed by atoms with Crippen LogP contribution < -0.4 is 10.2 Å². The van der Waals surface area contributed by atoms with Gasteiger partial charge < -0.3 is 15.1 Å². The van der Waals surface area contributed by atoms with E-state index in [4.69, 9.17) is 0 Å². The average molecular weight is 334 g/mol. The predicted molar refractivity (Wildman–Crippen MR) is 98.4 cm³/mol. The van der Waals surface area contributed by atoms with Crippen LogP contribution in [0.15, 0.2) is 48.5 Å². The summed E-state index contributed by atoms with van der Waals surface area (Å²) in [5, 5.41) is 12.2. The third-order valence-corrected chi connectivity index (χ3v) is 4.62. The summed E-state index contributed by atoms with van der Waals surface area (Å²) in [7, 11) is 0. The standard InChI is InChI=1S/C20H22N4O/c1-16-6-2-3-8-18(16)15-22-20(25)24-12-10-23(11-13-24)19-9-5-4-7-17(19)14-21/h2-9H,10-13,15H2,1H3,(H,22,25). The Morgan fingerprint density at radius 1 is 1.08 bits per heavy atom. The van der Waals surface area contributed by atoms with Crippen LogP contribution in [0.2, 0.25) is 0 Å². The molecular formula is C20H22N4O. The van der Waals surface area contributed by atoms with Crippen molar-refractivity contribution in [3.63, 3.8) is 0 Å². The van der Waals surface area contributed by atoms with Gasteiger partial charge >= 0.3 is 6.03 Å². The van der Waals surface area contributed by atoms with E-state index in [9.17, 15) is 10.1 Å². The van der Waals surface area contributed by atoms with Crippen molar-refractivity contribution in [1.82, 2.24) is 10.2 Å². The molecule has 2 aromatic carbocycles. The lowest BCUT2D eigenvalue weighted by Gasteiger charge is -2.36. The molecule has 128 valence electrons. The van der Waals surface area contributed by atoms with Crippen molar-refractivity contribution < 1.29 is 4.79 Å². The van der Waals surface area contributed by atoms with Crippen LogP contribution in [0, 0.1) is 18.3 Å². The molecule has 1 fully saturated rings. The second-order valence-corrected chi connectivity index (χ2v) is 6.19. The van der Waals surface area contributed by atoms with Gasteiger partial charge in [-0.25, -0.2) is 4.79 Å². The Hall–Kier alpha value is -3.00. The van der Waals surface area contributed by atoms with Gasteiger partial charge in [0.05, 0.1) is 11.3 Å². The number of para-hydroxylation sites is 1. The summed E-state index contributed by atoms with van der Waals surface area (Å²) in [6.45, 7) is 5.36. The van der Waals surface area contributed by atoms with E-state index in [2.05, 4.69) is 16.3 Å². The lowest BCUT2D eigenvalue weighted by molar-refractivity contribution is 0.194. The molecule has 3 rings (SSSR count). The van der Waals surface area contributed by atoms with Gasteiger partial charge in [-0.05, 0) is 30.2 Å². The highest BCUT2D eigenvalue weighted by Crippen LogP contribution is 2.21. The van der Waals surface area contributed by atoms with E-state index in [1.807, 2.05) is 60.4 Å². The van der Waals surface area contributed by atoms with Crippen molar-refractivity contribution >= 4 is 11.7 Å². The smallest absolute Gasteiger partial charge is 0.317 e. The number of hydrogen-bond acceptors (Lipinski definition) is 3. The van der Waals surface area contributed by atoms with E-state index < -0.39 is 0 Å². The number of nitrogens with one attached hydrogen (secondary N) is 1. The third kappa shape index (κ3) is 3.92. The van der Waals surface area contributed by atoms with Gasteiger partial charge in [0.25, 0.3) is 0 Å². The Labute approximate surface area is 148 Å². The highest BCUT2D eigenvalue weighted by molar-refractivity contribution is 5.74. The van der Waals surface area contributed by atoms with Crippen LogP contribution in [0.1, 0.15) is 16.7 Å². The highest BCUT2D eigenvalue weighted by atomic mass is 16.2. The van der Waals surface area contributed by atoms with Gasteiger partial charge in [-0.2, -0.15) is 5.26 Å². The largest absolute Gasteiger partial charge is 0.367 e. The molecule has 0 bridgehead atoms. The Bertz CT molecular complexity index is 788. The molecule has 5 heteroatoms. The number of urea groups is 1. The summed E-state index contributed by atoms with van der Waals surface area (Å²) in [6, 6.07) is 17.9. The third-order valence-electron chi connectivity index (χ3n) is 4.62. The number of piperazine rings is 1. The number of nitriles is 1. The lowest BCUT2D eigenvalue weighted by atomic mass is 10.1. The Morgan fingerprint density at radius 3 is 2.48 bits per heavy atom. The molecule has 0 saturated carbocycles. The summed E-state index contributed by atoms with van der Waals surface area (Å²) in [5.41, 5.74) is 3.95. The van der Waals surface area contributed by atoms with Crippen LogP contribution in [-0.2, 0) is 6.54 Å². The van der Waals surface area contributed by atoms with Crippen LogP contribution in [0.5, 0.6) is 0 Å². The fourth-order valence-corrected chi connectivity index (χ4v) is 3.09. The molecule has 1 N–H and O–H groups in total. The molecular weight excluding hydrogens is 312 g/mol. The first-order valence-corrected chi connectivity index (χ1v) is 8.50. The van der Waals surface area contributed by atoms with E-state index in [0.717, 1.165) is 24.3 Å². The highest BCUT2D eigenvalue weighted by Gasteiger charge is 2.22. The Morgan fingerprint density at radius 2 is 1.76 bits per heavy atom. The number of carbonyl (C=O) groups excluding carboxylic acids is 1. The zero-order valence-electron chi connectivity index (χ0n) is 14.4. The molecule has 25 heavy (non-hydrogen) atoms. The topological polar surface area (TPSA) is 59.4 Å². The molecule has 0 unspecified atom stereocenters. The molecule has 0 radical (unpaired) electrons. The SMILES string of the molecule is Cc1ccccc1CNC(=O)N1CCN(c2ccccc2C#N)CC1. The minimum Gasteiger partial charge on any atom is -0.367 e. The van der Waals surface area contributed by atoms with Gasteiger partial charge in [0.2, 0.25) is 0 Å². The number of aryl methyl sites for hydroxylation is 1. The van der Waals surface area contributed by atoms with Gasteiger partial charge in [0.15, 0.2) is 0 Å². The number of carbonyl (C=O) groups is 1. The first-order valence-electron chi connectivity index (χ1n) is 8.50. The molecule has 1 heterocycles. The zero-order valence-corrected chi connectivity index (χ0v) is 14.4. The maximum Gasteiger partial charge on any atom is 0.317 e. The van der Waals surface area contributed by atoms with E-state index in [-0.39, 0.29) is 6.03 Å². The molecule has 1 aliphatic rings. The molecule has 0 atom stereocenters. The molecule has 1 saturated heterocycles. The molecule has 0 aliphatic carbocycles.